The number of aliphatic hydroxyl groups is 2. The van der Waals surface area contributed by atoms with Crippen molar-refractivity contribution in [2.45, 2.75) is 169 Å². The molecule has 14 atom stereocenters. The van der Waals surface area contributed by atoms with Crippen LogP contribution in [0, 0.1) is 62.6 Å². The highest BCUT2D eigenvalue weighted by Gasteiger charge is 2.88. The highest BCUT2D eigenvalue weighted by atomic mass is 16.6. The summed E-state index contributed by atoms with van der Waals surface area (Å²) in [4.78, 5) is 25.3. The highest BCUT2D eigenvalue weighted by Crippen LogP contribution is 2.91. The minimum Gasteiger partial charge on any atom is -0.462 e. The number of aliphatic hydroxyl groups excluding tert-OH is 1. The van der Waals surface area contributed by atoms with Crippen molar-refractivity contribution in [1.82, 2.24) is 0 Å². The molecule has 0 radical (unpaired) electrons. The van der Waals surface area contributed by atoms with Gasteiger partial charge in [-0.15, -0.1) is 0 Å². The predicted octanol–water partition coefficient (Wildman–Crippen LogP) is 6.85. The second-order valence-corrected chi connectivity index (χ2v) is 19.0. The topological polar surface area (TPSA) is 102 Å². The third-order valence-electron chi connectivity index (χ3n) is 16.7. The van der Waals surface area contributed by atoms with Crippen molar-refractivity contribution < 1.29 is 34.0 Å². The van der Waals surface area contributed by atoms with Crippen LogP contribution >= 0.6 is 0 Å². The van der Waals surface area contributed by atoms with Gasteiger partial charge in [0.15, 0.2) is 6.10 Å². The van der Waals surface area contributed by atoms with Crippen molar-refractivity contribution in [2.24, 2.45) is 62.6 Å². The van der Waals surface area contributed by atoms with Gasteiger partial charge in [0.05, 0.1) is 29.8 Å². The maximum Gasteiger partial charge on any atom is 0.309 e. The van der Waals surface area contributed by atoms with Crippen LogP contribution in [0.4, 0.5) is 0 Å². The standard InChI is InChI=1S/C39H62O7/c1-21-20-25(32(35(6,7)43)44-23(3)40)45-30-29(21)36(8)18-19-39-22(2)38(39)17-16-28(46-33(42)24-12-10-11-13-24)34(4,5)26(38)14-15-27(39)37(36,9)31(30)41/h21-22,24-32,41,43H,10-20H2,1-9H3/t21-,22-,25-,26+,27+,28+,29+,30+,31+,32+,36-,37-,38-,39+/m1/s1. The van der Waals surface area contributed by atoms with E-state index in [-0.39, 0.29) is 63.0 Å². The molecule has 0 aromatic rings. The molecule has 2 spiro atoms. The number of carbonyl (C=O) groups excluding carboxylic acids is 2. The zero-order valence-corrected chi connectivity index (χ0v) is 30.1. The van der Waals surface area contributed by atoms with Crippen LogP contribution < -0.4 is 0 Å². The zero-order chi connectivity index (χ0) is 33.4. The number of esters is 2. The summed E-state index contributed by atoms with van der Waals surface area (Å²) in [6.45, 7) is 19.1. The number of hydrogen-bond acceptors (Lipinski definition) is 7. The van der Waals surface area contributed by atoms with E-state index in [9.17, 15) is 19.8 Å². The molecule has 6 saturated carbocycles. The lowest BCUT2D eigenvalue weighted by molar-refractivity contribution is -0.216. The maximum atomic E-state index is 13.2. The lowest BCUT2D eigenvalue weighted by atomic mass is 9.41. The fraction of sp³-hybridized carbons (Fsp3) is 0.949. The van der Waals surface area contributed by atoms with Crippen LogP contribution in [0.25, 0.3) is 0 Å². The molecule has 6 aliphatic carbocycles. The fourth-order valence-electron chi connectivity index (χ4n) is 14.7. The van der Waals surface area contributed by atoms with Crippen LogP contribution in [0.1, 0.15) is 133 Å². The molecule has 1 aliphatic heterocycles. The molecule has 1 heterocycles. The first kappa shape index (κ1) is 33.3. The van der Waals surface area contributed by atoms with Gasteiger partial charge in [-0.3, -0.25) is 9.59 Å². The Balaban J connectivity index is 1.18. The molecule has 0 aromatic heterocycles. The van der Waals surface area contributed by atoms with Crippen LogP contribution in [0.3, 0.4) is 0 Å². The van der Waals surface area contributed by atoms with E-state index >= 15 is 0 Å². The molecule has 2 N–H and O–H groups in total. The number of rotatable bonds is 5. The number of hydrogen-bond donors (Lipinski definition) is 2. The zero-order valence-electron chi connectivity index (χ0n) is 30.1. The molecule has 0 amide bonds. The number of carbonyl (C=O) groups is 2. The van der Waals surface area contributed by atoms with E-state index in [2.05, 4.69) is 41.5 Å². The van der Waals surface area contributed by atoms with Crippen molar-refractivity contribution >= 4 is 11.9 Å². The van der Waals surface area contributed by atoms with Gasteiger partial charge < -0.3 is 24.4 Å². The normalized spacial score (nSPS) is 51.5. The average molecular weight is 643 g/mol. The highest BCUT2D eigenvalue weighted by molar-refractivity contribution is 5.73. The molecule has 46 heavy (non-hydrogen) atoms. The predicted molar refractivity (Wildman–Crippen MR) is 174 cm³/mol. The molecule has 0 unspecified atom stereocenters. The number of fused-ring (bicyclic) bond motifs is 4. The fourth-order valence-corrected chi connectivity index (χ4v) is 14.7. The Labute approximate surface area is 277 Å². The van der Waals surface area contributed by atoms with E-state index < -0.39 is 29.9 Å². The second kappa shape index (κ2) is 10.4. The molecule has 7 heteroatoms. The Morgan fingerprint density at radius 2 is 1.54 bits per heavy atom. The Morgan fingerprint density at radius 3 is 2.17 bits per heavy atom. The smallest absolute Gasteiger partial charge is 0.309 e. The monoisotopic (exact) mass is 642 g/mol. The SMILES string of the molecule is CC(=O)O[C@@H]([C@H]1C[C@@H](C)[C@H]2[C@H](O1)[C@H](O)[C@@]1(C)[C@@H]3CC[C@H]4C(C)(C)[C@@H](OC(=O)C5CCCC5)CC[C@@]45[C@@H](C)[C@@]35CC[C@]21C)C(C)(C)O. The van der Waals surface area contributed by atoms with Crippen molar-refractivity contribution in [2.75, 3.05) is 0 Å². The minimum absolute atomic E-state index is 0.0193. The summed E-state index contributed by atoms with van der Waals surface area (Å²) >= 11 is 0. The van der Waals surface area contributed by atoms with E-state index in [4.69, 9.17) is 14.2 Å². The third kappa shape index (κ3) is 4.06. The van der Waals surface area contributed by atoms with Crippen LogP contribution in [-0.4, -0.2) is 58.3 Å². The van der Waals surface area contributed by atoms with Crippen molar-refractivity contribution in [3.05, 3.63) is 0 Å². The van der Waals surface area contributed by atoms with Crippen LogP contribution in [0.2, 0.25) is 0 Å². The summed E-state index contributed by atoms with van der Waals surface area (Å²) in [7, 11) is 0. The molecule has 7 aliphatic rings. The quantitative estimate of drug-likeness (QED) is 0.316. The van der Waals surface area contributed by atoms with Gasteiger partial charge in [0.25, 0.3) is 0 Å². The molecule has 1 saturated heterocycles. The molecule has 0 aromatic carbocycles. The largest absolute Gasteiger partial charge is 0.462 e. The third-order valence-corrected chi connectivity index (χ3v) is 16.7. The summed E-state index contributed by atoms with van der Waals surface area (Å²) < 4.78 is 18.9. The lowest BCUT2D eigenvalue weighted by Crippen LogP contribution is -2.60. The Kier molecular flexibility index (Phi) is 7.55. The van der Waals surface area contributed by atoms with Gasteiger partial charge in [-0.25, -0.2) is 0 Å². The molecule has 260 valence electrons. The van der Waals surface area contributed by atoms with Crippen LogP contribution in [0.15, 0.2) is 0 Å². The Hall–Kier alpha value is -1.18. The summed E-state index contributed by atoms with van der Waals surface area (Å²) in [5, 5.41) is 23.6. The van der Waals surface area contributed by atoms with Gasteiger partial charge in [0, 0.05) is 17.8 Å². The van der Waals surface area contributed by atoms with Crippen molar-refractivity contribution in [3.63, 3.8) is 0 Å². The number of ether oxygens (including phenoxy) is 3. The maximum absolute atomic E-state index is 13.2. The first-order valence-corrected chi connectivity index (χ1v) is 18.8. The van der Waals surface area contributed by atoms with Crippen LogP contribution in [0.5, 0.6) is 0 Å². The molecular formula is C39H62O7. The van der Waals surface area contributed by atoms with Gasteiger partial charge in [0.2, 0.25) is 0 Å². The van der Waals surface area contributed by atoms with Gasteiger partial charge >= 0.3 is 11.9 Å². The van der Waals surface area contributed by atoms with Gasteiger partial charge in [-0.2, -0.15) is 0 Å². The average Bonchev–Trinajstić information content (AvgIpc) is 3.28. The van der Waals surface area contributed by atoms with E-state index in [0.717, 1.165) is 57.8 Å². The Morgan fingerprint density at radius 1 is 0.913 bits per heavy atom. The molecule has 7 fully saturated rings. The van der Waals surface area contributed by atoms with Gasteiger partial charge in [-0.05, 0) is 117 Å². The van der Waals surface area contributed by atoms with Crippen molar-refractivity contribution in [3.8, 4) is 0 Å². The lowest BCUT2D eigenvalue weighted by Gasteiger charge is -2.63. The molecule has 7 nitrogen and oxygen atoms in total. The molecular weight excluding hydrogens is 580 g/mol. The van der Waals surface area contributed by atoms with Gasteiger partial charge in [0.1, 0.15) is 6.10 Å². The minimum atomic E-state index is -1.26. The summed E-state index contributed by atoms with van der Waals surface area (Å²) in [5.41, 5.74) is -1.32. The van der Waals surface area contributed by atoms with E-state index in [1.165, 1.54) is 13.3 Å². The van der Waals surface area contributed by atoms with E-state index in [0.29, 0.717) is 24.2 Å². The molecule has 0 bridgehead atoms. The van der Waals surface area contributed by atoms with E-state index in [1.807, 2.05) is 0 Å². The second-order valence-electron chi connectivity index (χ2n) is 19.0. The summed E-state index contributed by atoms with van der Waals surface area (Å²) in [6.07, 6.45) is 9.18. The Bertz CT molecular complexity index is 1250. The summed E-state index contributed by atoms with van der Waals surface area (Å²) in [5.74, 6) is 1.64. The van der Waals surface area contributed by atoms with Gasteiger partial charge in [-0.1, -0.05) is 54.4 Å². The van der Waals surface area contributed by atoms with E-state index in [1.54, 1.807) is 13.8 Å². The summed E-state index contributed by atoms with van der Waals surface area (Å²) in [6, 6.07) is 0. The first-order valence-electron chi connectivity index (χ1n) is 18.8. The molecule has 7 rings (SSSR count). The first-order chi connectivity index (χ1) is 21.4. The van der Waals surface area contributed by atoms with Crippen LogP contribution in [-0.2, 0) is 23.8 Å². The van der Waals surface area contributed by atoms with Crippen molar-refractivity contribution in [1.29, 1.82) is 0 Å².